The van der Waals surface area contributed by atoms with Gasteiger partial charge in [0.2, 0.25) is 0 Å². The van der Waals surface area contributed by atoms with Gasteiger partial charge in [-0.2, -0.15) is 0 Å². The van der Waals surface area contributed by atoms with E-state index in [-0.39, 0.29) is 23.6 Å². The van der Waals surface area contributed by atoms with Gasteiger partial charge in [-0.15, -0.1) is 0 Å². The Morgan fingerprint density at radius 2 is 1.95 bits per heavy atom. The summed E-state index contributed by atoms with van der Waals surface area (Å²) < 4.78 is 5.26. The van der Waals surface area contributed by atoms with Gasteiger partial charge in [0.15, 0.2) is 0 Å². The maximum atomic E-state index is 11.5. The van der Waals surface area contributed by atoms with Gasteiger partial charge in [-0.25, -0.2) is 9.59 Å². The fraction of sp³-hybridized carbons (Fsp3) is 0.571. The Morgan fingerprint density at radius 3 is 2.45 bits per heavy atom. The molecule has 1 heterocycles. The number of carbonyl (C=O) groups is 2. The Labute approximate surface area is 118 Å². The molecule has 0 aliphatic heterocycles. The summed E-state index contributed by atoms with van der Waals surface area (Å²) in [4.78, 5) is 22.4. The van der Waals surface area contributed by atoms with Crippen LogP contribution in [0.4, 0.5) is 4.79 Å². The summed E-state index contributed by atoms with van der Waals surface area (Å²) in [6, 6.07) is 1.13. The van der Waals surface area contributed by atoms with Gasteiger partial charge in [0, 0.05) is 6.54 Å². The third-order valence-corrected chi connectivity index (χ3v) is 2.78. The maximum absolute atomic E-state index is 11.5. The zero-order valence-electron chi connectivity index (χ0n) is 12.4. The molecule has 0 aliphatic carbocycles. The molecule has 0 atom stereocenters. The average molecular weight is 282 g/mol. The van der Waals surface area contributed by atoms with Crippen LogP contribution in [0.15, 0.2) is 10.5 Å². The minimum absolute atomic E-state index is 0.120. The number of urea groups is 1. The smallest absolute Gasteiger partial charge is 0.339 e. The van der Waals surface area contributed by atoms with Crippen LogP contribution in [0.25, 0.3) is 0 Å². The molecule has 0 aromatic carbocycles. The Kier molecular flexibility index (Phi) is 5.19. The van der Waals surface area contributed by atoms with E-state index in [1.807, 2.05) is 0 Å². The van der Waals surface area contributed by atoms with Crippen LogP contribution in [-0.4, -0.2) is 23.7 Å². The lowest BCUT2D eigenvalue weighted by atomic mass is 9.92. The van der Waals surface area contributed by atoms with Crippen molar-refractivity contribution in [2.24, 2.45) is 5.41 Å². The zero-order valence-corrected chi connectivity index (χ0v) is 12.4. The molecule has 0 saturated heterocycles. The van der Waals surface area contributed by atoms with Crippen molar-refractivity contribution < 1.29 is 19.1 Å². The molecule has 0 saturated carbocycles. The fourth-order valence-electron chi connectivity index (χ4n) is 1.62. The second-order valence-electron chi connectivity index (χ2n) is 5.91. The molecule has 6 nitrogen and oxygen atoms in total. The van der Waals surface area contributed by atoms with Crippen LogP contribution >= 0.6 is 0 Å². The SMILES string of the molecule is Cc1oc(CNC(=O)NCCC(C)(C)C)cc1C(=O)O. The first-order chi connectivity index (χ1) is 9.19. The highest BCUT2D eigenvalue weighted by atomic mass is 16.4. The van der Waals surface area contributed by atoms with E-state index in [1.165, 1.54) is 6.07 Å². The largest absolute Gasteiger partial charge is 0.478 e. The molecule has 0 spiro atoms. The molecule has 3 N–H and O–H groups in total. The van der Waals surface area contributed by atoms with Crippen LogP contribution in [0.2, 0.25) is 0 Å². The maximum Gasteiger partial charge on any atom is 0.339 e. The number of carboxylic acid groups (broad SMARTS) is 1. The molecule has 2 amide bonds. The molecular formula is C14H22N2O4. The number of hydrogen-bond donors (Lipinski definition) is 3. The van der Waals surface area contributed by atoms with E-state index in [0.717, 1.165) is 6.42 Å². The van der Waals surface area contributed by atoms with E-state index in [2.05, 4.69) is 31.4 Å². The first-order valence-electron chi connectivity index (χ1n) is 6.53. The summed E-state index contributed by atoms with van der Waals surface area (Å²) in [6.45, 7) is 8.64. The fourth-order valence-corrected chi connectivity index (χ4v) is 1.62. The number of aryl methyl sites for hydroxylation is 1. The van der Waals surface area contributed by atoms with Gasteiger partial charge in [-0.05, 0) is 24.8 Å². The van der Waals surface area contributed by atoms with E-state index in [4.69, 9.17) is 9.52 Å². The third-order valence-electron chi connectivity index (χ3n) is 2.78. The number of aromatic carboxylic acids is 1. The van der Waals surface area contributed by atoms with E-state index in [9.17, 15) is 9.59 Å². The van der Waals surface area contributed by atoms with Gasteiger partial charge < -0.3 is 20.2 Å². The lowest BCUT2D eigenvalue weighted by Gasteiger charge is -2.18. The number of rotatable bonds is 5. The van der Waals surface area contributed by atoms with E-state index >= 15 is 0 Å². The van der Waals surface area contributed by atoms with Crippen LogP contribution in [0.1, 0.15) is 49.1 Å². The molecule has 6 heteroatoms. The first kappa shape index (κ1) is 16.1. The van der Waals surface area contributed by atoms with E-state index in [1.54, 1.807) is 6.92 Å². The van der Waals surface area contributed by atoms with Crippen molar-refractivity contribution >= 4 is 12.0 Å². The molecule has 112 valence electrons. The topological polar surface area (TPSA) is 91.6 Å². The van der Waals surface area contributed by atoms with E-state index < -0.39 is 5.97 Å². The quantitative estimate of drug-likeness (QED) is 0.773. The van der Waals surface area contributed by atoms with Gasteiger partial charge in [0.1, 0.15) is 17.1 Å². The Morgan fingerprint density at radius 1 is 1.30 bits per heavy atom. The Hall–Kier alpha value is -1.98. The van der Waals surface area contributed by atoms with Crippen molar-refractivity contribution in [3.63, 3.8) is 0 Å². The lowest BCUT2D eigenvalue weighted by Crippen LogP contribution is -2.36. The summed E-state index contributed by atoms with van der Waals surface area (Å²) >= 11 is 0. The summed E-state index contributed by atoms with van der Waals surface area (Å²) in [5.41, 5.74) is 0.289. The number of amides is 2. The van der Waals surface area contributed by atoms with Crippen LogP contribution in [-0.2, 0) is 6.54 Å². The standard InChI is InChI=1S/C14H22N2O4/c1-9-11(12(17)18)7-10(20-9)8-16-13(19)15-6-5-14(2,3)4/h7H,5-6,8H2,1-4H3,(H,17,18)(H2,15,16,19). The summed E-state index contributed by atoms with van der Waals surface area (Å²) in [6.07, 6.45) is 0.878. The molecule has 0 unspecified atom stereocenters. The minimum Gasteiger partial charge on any atom is -0.478 e. The van der Waals surface area contributed by atoms with Gasteiger partial charge in [0.25, 0.3) is 0 Å². The van der Waals surface area contributed by atoms with Crippen molar-refractivity contribution in [1.82, 2.24) is 10.6 Å². The van der Waals surface area contributed by atoms with Gasteiger partial charge in [0.05, 0.1) is 6.54 Å². The normalized spacial score (nSPS) is 11.2. The van der Waals surface area contributed by atoms with Crippen LogP contribution in [0.5, 0.6) is 0 Å². The Bertz CT molecular complexity index is 486. The molecule has 0 bridgehead atoms. The third kappa shape index (κ3) is 5.34. The van der Waals surface area contributed by atoms with Crippen molar-refractivity contribution in [2.75, 3.05) is 6.54 Å². The highest BCUT2D eigenvalue weighted by molar-refractivity contribution is 5.88. The molecular weight excluding hydrogens is 260 g/mol. The van der Waals surface area contributed by atoms with Gasteiger partial charge in [-0.3, -0.25) is 0 Å². The van der Waals surface area contributed by atoms with Crippen molar-refractivity contribution in [3.05, 3.63) is 23.2 Å². The summed E-state index contributed by atoms with van der Waals surface area (Å²) in [5.74, 6) is -0.277. The van der Waals surface area contributed by atoms with Gasteiger partial charge in [-0.1, -0.05) is 20.8 Å². The average Bonchev–Trinajstić information content (AvgIpc) is 2.66. The molecule has 1 aromatic heterocycles. The molecule has 0 radical (unpaired) electrons. The summed E-state index contributed by atoms with van der Waals surface area (Å²) in [5, 5.41) is 14.3. The molecule has 1 rings (SSSR count). The lowest BCUT2D eigenvalue weighted by molar-refractivity contribution is 0.0695. The highest BCUT2D eigenvalue weighted by Gasteiger charge is 2.14. The number of nitrogens with one attached hydrogen (secondary N) is 2. The molecule has 1 aromatic rings. The minimum atomic E-state index is -1.04. The van der Waals surface area contributed by atoms with Crippen LogP contribution in [0.3, 0.4) is 0 Å². The summed E-state index contributed by atoms with van der Waals surface area (Å²) in [7, 11) is 0. The van der Waals surface area contributed by atoms with E-state index in [0.29, 0.717) is 18.1 Å². The molecule has 0 fully saturated rings. The highest BCUT2D eigenvalue weighted by Crippen LogP contribution is 2.17. The van der Waals surface area contributed by atoms with Crippen LogP contribution < -0.4 is 10.6 Å². The number of carbonyl (C=O) groups excluding carboxylic acids is 1. The van der Waals surface area contributed by atoms with Crippen molar-refractivity contribution in [1.29, 1.82) is 0 Å². The van der Waals surface area contributed by atoms with Crippen LogP contribution in [0, 0.1) is 12.3 Å². The number of hydrogen-bond acceptors (Lipinski definition) is 3. The monoisotopic (exact) mass is 282 g/mol. The predicted octanol–water partition coefficient (Wildman–Crippen LogP) is 2.52. The number of furan rings is 1. The second-order valence-corrected chi connectivity index (χ2v) is 5.91. The van der Waals surface area contributed by atoms with Crippen molar-refractivity contribution in [3.8, 4) is 0 Å². The van der Waals surface area contributed by atoms with Crippen molar-refractivity contribution in [2.45, 2.75) is 40.7 Å². The predicted molar refractivity (Wildman–Crippen MR) is 74.7 cm³/mol. The number of carboxylic acids is 1. The molecule has 0 aliphatic rings. The second kappa shape index (κ2) is 6.45. The first-order valence-corrected chi connectivity index (χ1v) is 6.53. The molecule has 20 heavy (non-hydrogen) atoms. The van der Waals surface area contributed by atoms with Gasteiger partial charge >= 0.3 is 12.0 Å². The Balaban J connectivity index is 2.38. The zero-order chi connectivity index (χ0) is 15.3.